The van der Waals surface area contributed by atoms with E-state index in [0.29, 0.717) is 42.5 Å². The van der Waals surface area contributed by atoms with Gasteiger partial charge in [0.15, 0.2) is 0 Å². The first-order chi connectivity index (χ1) is 14.9. The summed E-state index contributed by atoms with van der Waals surface area (Å²) in [6.07, 6.45) is 0. The standard InChI is InChI=1S/C24H21ClFN3O2/c1-16-19(8-10-22(27-16)17-5-3-2-4-6-17)23(30)28-11-13-29(14-12-28)24(31)20-15-18(25)7-9-21(20)26/h2-10,15H,11-14H2,1H3. The highest BCUT2D eigenvalue weighted by Gasteiger charge is 2.27. The molecule has 31 heavy (non-hydrogen) atoms. The summed E-state index contributed by atoms with van der Waals surface area (Å²) in [6, 6.07) is 17.4. The van der Waals surface area contributed by atoms with Crippen LogP contribution in [0.2, 0.25) is 5.02 Å². The van der Waals surface area contributed by atoms with Crippen molar-refractivity contribution in [2.24, 2.45) is 0 Å². The number of hydrogen-bond donors (Lipinski definition) is 0. The highest BCUT2D eigenvalue weighted by atomic mass is 35.5. The van der Waals surface area contributed by atoms with Gasteiger partial charge in [-0.25, -0.2) is 4.39 Å². The fraction of sp³-hybridized carbons (Fsp3) is 0.208. The molecule has 1 saturated heterocycles. The quantitative estimate of drug-likeness (QED) is 0.608. The Hall–Kier alpha value is -3.25. The van der Waals surface area contributed by atoms with Crippen LogP contribution in [0.4, 0.5) is 4.39 Å². The van der Waals surface area contributed by atoms with Gasteiger partial charge in [-0.15, -0.1) is 0 Å². The number of halogens is 2. The van der Waals surface area contributed by atoms with Crippen LogP contribution in [0.25, 0.3) is 11.3 Å². The largest absolute Gasteiger partial charge is 0.335 e. The molecule has 0 N–H and O–H groups in total. The lowest BCUT2D eigenvalue weighted by atomic mass is 10.1. The Morgan fingerprint density at radius 1 is 0.871 bits per heavy atom. The van der Waals surface area contributed by atoms with Gasteiger partial charge in [0.25, 0.3) is 11.8 Å². The number of hydrogen-bond acceptors (Lipinski definition) is 3. The molecule has 0 aliphatic carbocycles. The molecule has 1 aliphatic heterocycles. The van der Waals surface area contributed by atoms with Crippen LogP contribution in [0, 0.1) is 12.7 Å². The highest BCUT2D eigenvalue weighted by molar-refractivity contribution is 6.31. The molecular formula is C24H21ClFN3O2. The molecule has 0 spiro atoms. The molecule has 1 fully saturated rings. The molecule has 7 heteroatoms. The third kappa shape index (κ3) is 4.44. The Bertz CT molecular complexity index is 1130. The van der Waals surface area contributed by atoms with Gasteiger partial charge in [0.2, 0.25) is 0 Å². The molecule has 2 heterocycles. The lowest BCUT2D eigenvalue weighted by Crippen LogP contribution is -2.50. The smallest absolute Gasteiger partial charge is 0.257 e. The third-order valence-corrected chi connectivity index (χ3v) is 5.63. The van der Waals surface area contributed by atoms with E-state index >= 15 is 0 Å². The first-order valence-corrected chi connectivity index (χ1v) is 10.4. The second-order valence-corrected chi connectivity index (χ2v) is 7.84. The van der Waals surface area contributed by atoms with Crippen LogP contribution in [0.5, 0.6) is 0 Å². The number of piperazine rings is 1. The number of rotatable bonds is 3. The molecule has 0 bridgehead atoms. The molecule has 0 saturated carbocycles. The van der Waals surface area contributed by atoms with Crippen molar-refractivity contribution in [1.29, 1.82) is 0 Å². The molecule has 1 aliphatic rings. The molecule has 0 atom stereocenters. The van der Waals surface area contributed by atoms with Crippen LogP contribution in [0.1, 0.15) is 26.4 Å². The Balaban J connectivity index is 1.44. The summed E-state index contributed by atoms with van der Waals surface area (Å²) in [5.74, 6) is -1.14. The molecule has 3 aromatic rings. The second kappa shape index (κ2) is 8.86. The minimum absolute atomic E-state index is 0.0520. The van der Waals surface area contributed by atoms with Crippen molar-refractivity contribution in [3.63, 3.8) is 0 Å². The Morgan fingerprint density at radius 3 is 2.10 bits per heavy atom. The Kier molecular flexibility index (Phi) is 6.00. The molecular weight excluding hydrogens is 417 g/mol. The van der Waals surface area contributed by atoms with Crippen LogP contribution in [-0.4, -0.2) is 52.8 Å². The number of pyridine rings is 1. The average molecular weight is 438 g/mol. The zero-order chi connectivity index (χ0) is 22.0. The second-order valence-electron chi connectivity index (χ2n) is 7.40. The summed E-state index contributed by atoms with van der Waals surface area (Å²) in [4.78, 5) is 33.5. The number of carbonyl (C=O) groups is 2. The van der Waals surface area contributed by atoms with Gasteiger partial charge in [-0.3, -0.25) is 14.6 Å². The van der Waals surface area contributed by atoms with Crippen LogP contribution in [0.3, 0.4) is 0 Å². The van der Waals surface area contributed by atoms with Gasteiger partial charge < -0.3 is 9.80 Å². The van der Waals surface area contributed by atoms with Gasteiger partial charge in [0, 0.05) is 36.8 Å². The van der Waals surface area contributed by atoms with Crippen LogP contribution >= 0.6 is 11.6 Å². The number of carbonyl (C=O) groups excluding carboxylic acids is 2. The van der Waals surface area contributed by atoms with Crippen molar-refractivity contribution >= 4 is 23.4 Å². The predicted octanol–water partition coefficient (Wildman–Crippen LogP) is 4.45. The molecule has 0 radical (unpaired) electrons. The van der Waals surface area contributed by atoms with Crippen molar-refractivity contribution in [1.82, 2.24) is 14.8 Å². The fourth-order valence-electron chi connectivity index (χ4n) is 3.67. The van der Waals surface area contributed by atoms with Gasteiger partial charge in [-0.2, -0.15) is 0 Å². The topological polar surface area (TPSA) is 53.5 Å². The van der Waals surface area contributed by atoms with E-state index in [4.69, 9.17) is 11.6 Å². The monoisotopic (exact) mass is 437 g/mol. The van der Waals surface area contributed by atoms with Crippen molar-refractivity contribution in [3.05, 3.63) is 88.3 Å². The summed E-state index contributed by atoms with van der Waals surface area (Å²) in [7, 11) is 0. The Morgan fingerprint density at radius 2 is 1.48 bits per heavy atom. The van der Waals surface area contributed by atoms with Gasteiger partial charge in [0.05, 0.1) is 22.5 Å². The molecule has 0 unspecified atom stereocenters. The van der Waals surface area contributed by atoms with E-state index in [-0.39, 0.29) is 11.5 Å². The number of amides is 2. The first-order valence-electron chi connectivity index (χ1n) is 10.0. The van der Waals surface area contributed by atoms with Crippen molar-refractivity contribution < 1.29 is 14.0 Å². The number of benzene rings is 2. The lowest BCUT2D eigenvalue weighted by Gasteiger charge is -2.35. The maximum atomic E-state index is 14.0. The van der Waals surface area contributed by atoms with Crippen LogP contribution in [0.15, 0.2) is 60.7 Å². The summed E-state index contributed by atoms with van der Waals surface area (Å²) < 4.78 is 14.0. The number of aryl methyl sites for hydroxylation is 1. The van der Waals surface area contributed by atoms with Gasteiger partial charge in [-0.1, -0.05) is 41.9 Å². The van der Waals surface area contributed by atoms with E-state index in [1.54, 1.807) is 15.9 Å². The molecule has 5 nitrogen and oxygen atoms in total. The number of nitrogens with zero attached hydrogens (tertiary/aromatic N) is 3. The van der Waals surface area contributed by atoms with Gasteiger partial charge in [0.1, 0.15) is 5.82 Å². The first kappa shape index (κ1) is 21.0. The zero-order valence-corrected chi connectivity index (χ0v) is 17.8. The van der Waals surface area contributed by atoms with E-state index in [2.05, 4.69) is 4.98 Å². The van der Waals surface area contributed by atoms with Crippen molar-refractivity contribution in [3.8, 4) is 11.3 Å². The SMILES string of the molecule is Cc1nc(-c2ccccc2)ccc1C(=O)N1CCN(C(=O)c2cc(Cl)ccc2F)CC1. The van der Waals surface area contributed by atoms with Gasteiger partial charge >= 0.3 is 0 Å². The van der Waals surface area contributed by atoms with Gasteiger partial charge in [-0.05, 0) is 37.3 Å². The minimum Gasteiger partial charge on any atom is -0.335 e. The fourth-order valence-corrected chi connectivity index (χ4v) is 3.84. The van der Waals surface area contributed by atoms with Crippen LogP contribution in [-0.2, 0) is 0 Å². The minimum atomic E-state index is -0.604. The molecule has 4 rings (SSSR count). The molecule has 1 aromatic heterocycles. The normalized spacial score (nSPS) is 13.9. The summed E-state index contributed by atoms with van der Waals surface area (Å²) in [6.45, 7) is 3.21. The predicted molar refractivity (Wildman–Crippen MR) is 118 cm³/mol. The third-order valence-electron chi connectivity index (χ3n) is 5.40. The summed E-state index contributed by atoms with van der Waals surface area (Å²) in [5, 5.41) is 0.306. The Labute approximate surface area is 185 Å². The lowest BCUT2D eigenvalue weighted by molar-refractivity contribution is 0.0532. The van der Waals surface area contributed by atoms with E-state index in [9.17, 15) is 14.0 Å². The van der Waals surface area contributed by atoms with Crippen molar-refractivity contribution in [2.75, 3.05) is 26.2 Å². The van der Waals surface area contributed by atoms with E-state index < -0.39 is 11.7 Å². The molecule has 2 aromatic carbocycles. The zero-order valence-electron chi connectivity index (χ0n) is 17.0. The number of aromatic nitrogens is 1. The average Bonchev–Trinajstić information content (AvgIpc) is 2.80. The summed E-state index contributed by atoms with van der Waals surface area (Å²) >= 11 is 5.90. The van der Waals surface area contributed by atoms with E-state index in [1.165, 1.54) is 18.2 Å². The van der Waals surface area contributed by atoms with E-state index in [1.807, 2.05) is 43.3 Å². The molecule has 2 amide bonds. The maximum Gasteiger partial charge on any atom is 0.257 e. The van der Waals surface area contributed by atoms with Crippen LogP contribution < -0.4 is 0 Å². The van der Waals surface area contributed by atoms with E-state index in [0.717, 1.165) is 11.3 Å². The molecule has 158 valence electrons. The summed E-state index contributed by atoms with van der Waals surface area (Å²) in [5.41, 5.74) is 2.95. The van der Waals surface area contributed by atoms with Crippen molar-refractivity contribution in [2.45, 2.75) is 6.92 Å². The highest BCUT2D eigenvalue weighted by Crippen LogP contribution is 2.21. The maximum absolute atomic E-state index is 14.0.